The summed E-state index contributed by atoms with van der Waals surface area (Å²) in [6, 6.07) is 3.57. The molecule has 1 heterocycles. The lowest BCUT2D eigenvalue weighted by Crippen LogP contribution is -2.29. The molecule has 0 saturated heterocycles. The van der Waals surface area contributed by atoms with Crippen LogP contribution in [0.2, 0.25) is 0 Å². The zero-order valence-electron chi connectivity index (χ0n) is 12.1. The highest BCUT2D eigenvalue weighted by atomic mass is 16.1. The van der Waals surface area contributed by atoms with Crippen LogP contribution >= 0.6 is 0 Å². The summed E-state index contributed by atoms with van der Waals surface area (Å²) >= 11 is 0. The van der Waals surface area contributed by atoms with Gasteiger partial charge in [-0.1, -0.05) is 13.8 Å². The molecule has 1 amide bonds. The largest absolute Gasteiger partial charge is 0.373 e. The number of aromatic nitrogens is 1. The lowest BCUT2D eigenvalue weighted by atomic mass is 10.2. The summed E-state index contributed by atoms with van der Waals surface area (Å²) in [6.45, 7) is 8.13. The molecule has 5 heteroatoms. The molecule has 0 saturated carbocycles. The zero-order chi connectivity index (χ0) is 14.1. The molecule has 0 atom stereocenters. The first kappa shape index (κ1) is 15.4. The normalized spacial score (nSPS) is 10.5. The van der Waals surface area contributed by atoms with Gasteiger partial charge in [-0.15, -0.1) is 0 Å². The quantitative estimate of drug-likeness (QED) is 0.700. The van der Waals surface area contributed by atoms with Gasteiger partial charge < -0.3 is 15.5 Å². The third-order valence-corrected chi connectivity index (χ3v) is 3.11. The number of nitrogens with zero attached hydrogens (tertiary/aromatic N) is 2. The summed E-state index contributed by atoms with van der Waals surface area (Å²) in [6.07, 6.45) is 2.56. The van der Waals surface area contributed by atoms with Crippen molar-refractivity contribution >= 4 is 11.7 Å². The van der Waals surface area contributed by atoms with Crippen LogP contribution in [0.4, 0.5) is 5.82 Å². The van der Waals surface area contributed by atoms with E-state index in [1.807, 2.05) is 0 Å². The van der Waals surface area contributed by atoms with Gasteiger partial charge in [-0.3, -0.25) is 4.79 Å². The van der Waals surface area contributed by atoms with Crippen molar-refractivity contribution in [2.75, 3.05) is 38.5 Å². The second-order valence-electron chi connectivity index (χ2n) is 4.32. The van der Waals surface area contributed by atoms with Crippen molar-refractivity contribution in [2.24, 2.45) is 0 Å². The van der Waals surface area contributed by atoms with E-state index in [0.717, 1.165) is 31.9 Å². The molecule has 0 aliphatic rings. The van der Waals surface area contributed by atoms with Crippen molar-refractivity contribution in [1.82, 2.24) is 15.2 Å². The predicted octanol–water partition coefficient (Wildman–Crippen LogP) is 1.58. The van der Waals surface area contributed by atoms with Crippen LogP contribution in [0.1, 0.15) is 30.6 Å². The number of pyridine rings is 1. The Hall–Kier alpha value is -1.62. The predicted molar refractivity (Wildman–Crippen MR) is 78.5 cm³/mol. The van der Waals surface area contributed by atoms with Crippen LogP contribution in [0.3, 0.4) is 0 Å². The lowest BCUT2D eigenvalue weighted by molar-refractivity contribution is 0.0951. The molecule has 0 aliphatic heterocycles. The minimum atomic E-state index is -0.0605. The second kappa shape index (κ2) is 8.48. The number of anilines is 1. The number of carbonyl (C=O) groups is 1. The Balaban J connectivity index is 2.30. The van der Waals surface area contributed by atoms with Gasteiger partial charge in [-0.25, -0.2) is 4.98 Å². The van der Waals surface area contributed by atoms with E-state index >= 15 is 0 Å². The van der Waals surface area contributed by atoms with E-state index in [1.165, 1.54) is 0 Å². The molecule has 0 radical (unpaired) electrons. The Morgan fingerprint density at radius 2 is 2.05 bits per heavy atom. The van der Waals surface area contributed by atoms with Crippen molar-refractivity contribution < 1.29 is 4.79 Å². The van der Waals surface area contributed by atoms with Crippen LogP contribution in [0.5, 0.6) is 0 Å². The van der Waals surface area contributed by atoms with E-state index < -0.39 is 0 Å². The van der Waals surface area contributed by atoms with E-state index in [9.17, 15) is 4.79 Å². The number of hydrogen-bond acceptors (Lipinski definition) is 4. The minimum absolute atomic E-state index is 0.0605. The fourth-order valence-corrected chi connectivity index (χ4v) is 1.82. The summed E-state index contributed by atoms with van der Waals surface area (Å²) in [4.78, 5) is 18.3. The highest BCUT2D eigenvalue weighted by molar-refractivity contribution is 5.93. The van der Waals surface area contributed by atoms with Gasteiger partial charge in [0.15, 0.2) is 0 Å². The van der Waals surface area contributed by atoms with Crippen molar-refractivity contribution in [3.8, 4) is 0 Å². The smallest absolute Gasteiger partial charge is 0.252 e. The first-order valence-corrected chi connectivity index (χ1v) is 6.85. The van der Waals surface area contributed by atoms with Crippen molar-refractivity contribution in [3.63, 3.8) is 0 Å². The first-order valence-electron chi connectivity index (χ1n) is 6.85. The second-order valence-corrected chi connectivity index (χ2v) is 4.32. The van der Waals surface area contributed by atoms with E-state index in [-0.39, 0.29) is 5.91 Å². The van der Waals surface area contributed by atoms with E-state index in [4.69, 9.17) is 0 Å². The standard InChI is InChI=1S/C14H24N4O/c1-4-18(5-2)10-6-9-16-14(19)12-7-8-13(15-3)17-11-12/h7-8,11H,4-6,9-10H2,1-3H3,(H,15,17)(H,16,19). The van der Waals surface area contributed by atoms with Crippen molar-refractivity contribution in [1.29, 1.82) is 0 Å². The molecule has 0 aromatic carbocycles. The van der Waals surface area contributed by atoms with Crippen LogP contribution in [0, 0.1) is 0 Å². The molecule has 1 aromatic heterocycles. The van der Waals surface area contributed by atoms with Crippen LogP contribution in [-0.4, -0.2) is 49.0 Å². The molecule has 0 fully saturated rings. The molecule has 1 rings (SSSR count). The van der Waals surface area contributed by atoms with Gasteiger partial charge in [-0.05, 0) is 38.2 Å². The van der Waals surface area contributed by atoms with Crippen LogP contribution in [0.15, 0.2) is 18.3 Å². The maximum Gasteiger partial charge on any atom is 0.252 e. The summed E-state index contributed by atoms with van der Waals surface area (Å²) in [7, 11) is 1.80. The average Bonchev–Trinajstić information content (AvgIpc) is 2.47. The Morgan fingerprint density at radius 3 is 2.58 bits per heavy atom. The Kier molecular flexibility index (Phi) is 6.89. The average molecular weight is 264 g/mol. The number of nitrogens with one attached hydrogen (secondary N) is 2. The molecular formula is C14H24N4O. The highest BCUT2D eigenvalue weighted by Gasteiger charge is 2.05. The summed E-state index contributed by atoms with van der Waals surface area (Å²) in [5.74, 6) is 0.702. The van der Waals surface area contributed by atoms with E-state index in [0.29, 0.717) is 12.1 Å². The molecule has 0 spiro atoms. The van der Waals surface area contributed by atoms with Gasteiger partial charge in [0.2, 0.25) is 0 Å². The molecule has 0 aliphatic carbocycles. The molecule has 0 unspecified atom stereocenters. The van der Waals surface area contributed by atoms with Crippen LogP contribution in [-0.2, 0) is 0 Å². The van der Waals surface area contributed by atoms with Gasteiger partial charge in [0.1, 0.15) is 5.82 Å². The number of amides is 1. The SMILES string of the molecule is CCN(CC)CCCNC(=O)c1ccc(NC)nc1. The maximum atomic E-state index is 11.8. The topological polar surface area (TPSA) is 57.3 Å². The molecule has 1 aromatic rings. The first-order chi connectivity index (χ1) is 9.21. The molecule has 2 N–H and O–H groups in total. The fourth-order valence-electron chi connectivity index (χ4n) is 1.82. The van der Waals surface area contributed by atoms with Gasteiger partial charge >= 0.3 is 0 Å². The maximum absolute atomic E-state index is 11.8. The highest BCUT2D eigenvalue weighted by Crippen LogP contribution is 2.03. The van der Waals surface area contributed by atoms with E-state index in [2.05, 4.69) is 34.4 Å². The zero-order valence-corrected chi connectivity index (χ0v) is 12.1. The Morgan fingerprint density at radius 1 is 1.32 bits per heavy atom. The third-order valence-electron chi connectivity index (χ3n) is 3.11. The summed E-state index contributed by atoms with van der Waals surface area (Å²) in [5, 5.41) is 5.84. The molecule has 19 heavy (non-hydrogen) atoms. The number of carbonyl (C=O) groups excluding carboxylic acids is 1. The molecular weight excluding hydrogens is 240 g/mol. The lowest BCUT2D eigenvalue weighted by Gasteiger charge is -2.17. The number of hydrogen-bond donors (Lipinski definition) is 2. The van der Waals surface area contributed by atoms with Crippen molar-refractivity contribution in [3.05, 3.63) is 23.9 Å². The monoisotopic (exact) mass is 264 g/mol. The van der Waals surface area contributed by atoms with Gasteiger partial charge in [0.05, 0.1) is 5.56 Å². The van der Waals surface area contributed by atoms with Crippen LogP contribution < -0.4 is 10.6 Å². The fraction of sp³-hybridized carbons (Fsp3) is 0.571. The third kappa shape index (κ3) is 5.26. The Labute approximate surface area is 115 Å². The Bertz CT molecular complexity index is 374. The summed E-state index contributed by atoms with van der Waals surface area (Å²) in [5.41, 5.74) is 0.599. The van der Waals surface area contributed by atoms with E-state index in [1.54, 1.807) is 25.4 Å². The van der Waals surface area contributed by atoms with Gasteiger partial charge in [0.25, 0.3) is 5.91 Å². The van der Waals surface area contributed by atoms with Gasteiger partial charge in [-0.2, -0.15) is 0 Å². The minimum Gasteiger partial charge on any atom is -0.373 e. The van der Waals surface area contributed by atoms with Crippen molar-refractivity contribution in [2.45, 2.75) is 20.3 Å². The van der Waals surface area contributed by atoms with Crippen LogP contribution in [0.25, 0.3) is 0 Å². The van der Waals surface area contributed by atoms with Gasteiger partial charge in [0, 0.05) is 19.8 Å². The summed E-state index contributed by atoms with van der Waals surface area (Å²) < 4.78 is 0. The molecule has 0 bridgehead atoms. The molecule has 5 nitrogen and oxygen atoms in total. The molecule has 106 valence electrons. The number of rotatable bonds is 8.